The fraction of sp³-hybridized carbons (Fsp3) is 0.357. The summed E-state index contributed by atoms with van der Waals surface area (Å²) in [5.41, 5.74) is -0.164. The summed E-state index contributed by atoms with van der Waals surface area (Å²) in [7, 11) is 0. The fourth-order valence-electron chi connectivity index (χ4n) is 1.70. The van der Waals surface area contributed by atoms with Crippen molar-refractivity contribution in [2.75, 3.05) is 6.61 Å². The van der Waals surface area contributed by atoms with Gasteiger partial charge in [0, 0.05) is 6.54 Å². The lowest BCUT2D eigenvalue weighted by Crippen LogP contribution is -2.29. The van der Waals surface area contributed by atoms with Gasteiger partial charge in [-0.1, -0.05) is 30.3 Å². The Morgan fingerprint density at radius 2 is 2.06 bits per heavy atom. The first kappa shape index (κ1) is 12.6. The van der Waals surface area contributed by atoms with Crippen molar-refractivity contribution in [3.05, 3.63) is 48.3 Å². The SMILES string of the molecule is CCn1cc(OCC(C)(O)c2ccccc2)cn1. The Morgan fingerprint density at radius 1 is 1.33 bits per heavy atom. The quantitative estimate of drug-likeness (QED) is 0.879. The van der Waals surface area contributed by atoms with Gasteiger partial charge in [0.15, 0.2) is 5.75 Å². The van der Waals surface area contributed by atoms with Gasteiger partial charge in [-0.25, -0.2) is 0 Å². The van der Waals surface area contributed by atoms with Crippen molar-refractivity contribution in [3.63, 3.8) is 0 Å². The highest BCUT2D eigenvalue weighted by molar-refractivity contribution is 5.22. The standard InChI is InChI=1S/C14H18N2O2/c1-3-16-10-13(9-15-16)18-11-14(2,17)12-7-5-4-6-8-12/h4-10,17H,3,11H2,1-2H3. The topological polar surface area (TPSA) is 47.3 Å². The minimum atomic E-state index is -1.00. The smallest absolute Gasteiger partial charge is 0.157 e. The normalized spacial score (nSPS) is 14.2. The molecule has 0 spiro atoms. The van der Waals surface area contributed by atoms with E-state index >= 15 is 0 Å². The minimum Gasteiger partial charge on any atom is -0.487 e. The largest absolute Gasteiger partial charge is 0.487 e. The molecular weight excluding hydrogens is 228 g/mol. The number of ether oxygens (including phenoxy) is 1. The van der Waals surface area contributed by atoms with Crippen LogP contribution in [0.2, 0.25) is 0 Å². The number of aryl methyl sites for hydroxylation is 1. The zero-order chi connectivity index (χ0) is 13.0. The van der Waals surface area contributed by atoms with Crippen LogP contribution < -0.4 is 4.74 Å². The molecule has 2 aromatic rings. The van der Waals surface area contributed by atoms with Gasteiger partial charge in [-0.3, -0.25) is 4.68 Å². The molecule has 1 unspecified atom stereocenters. The van der Waals surface area contributed by atoms with E-state index in [2.05, 4.69) is 5.10 Å². The Kier molecular flexibility index (Phi) is 3.67. The summed E-state index contributed by atoms with van der Waals surface area (Å²) in [6.45, 7) is 4.76. The van der Waals surface area contributed by atoms with E-state index in [1.807, 2.05) is 43.5 Å². The molecule has 0 amide bonds. The Morgan fingerprint density at radius 3 is 2.67 bits per heavy atom. The van der Waals surface area contributed by atoms with Gasteiger partial charge in [-0.15, -0.1) is 0 Å². The zero-order valence-corrected chi connectivity index (χ0v) is 10.7. The van der Waals surface area contributed by atoms with Crippen molar-refractivity contribution in [1.82, 2.24) is 9.78 Å². The molecule has 0 radical (unpaired) electrons. The molecule has 0 saturated carbocycles. The van der Waals surface area contributed by atoms with Crippen molar-refractivity contribution in [1.29, 1.82) is 0 Å². The first-order chi connectivity index (χ1) is 8.62. The summed E-state index contributed by atoms with van der Waals surface area (Å²) in [6.07, 6.45) is 3.48. The number of nitrogens with zero attached hydrogens (tertiary/aromatic N) is 2. The molecule has 96 valence electrons. The lowest BCUT2D eigenvalue weighted by molar-refractivity contribution is 0.00757. The first-order valence-electron chi connectivity index (χ1n) is 6.05. The van der Waals surface area contributed by atoms with Crippen LogP contribution >= 0.6 is 0 Å². The zero-order valence-electron chi connectivity index (χ0n) is 10.7. The molecule has 0 aliphatic carbocycles. The molecule has 1 atom stereocenters. The average Bonchev–Trinajstić information content (AvgIpc) is 2.86. The summed E-state index contributed by atoms with van der Waals surface area (Å²) in [4.78, 5) is 0. The van der Waals surface area contributed by atoms with Gasteiger partial charge in [-0.05, 0) is 19.4 Å². The summed E-state index contributed by atoms with van der Waals surface area (Å²) in [6, 6.07) is 9.50. The van der Waals surface area contributed by atoms with E-state index in [4.69, 9.17) is 4.74 Å². The molecule has 4 heteroatoms. The van der Waals surface area contributed by atoms with Gasteiger partial charge in [0.2, 0.25) is 0 Å². The van der Waals surface area contributed by atoms with Crippen LogP contribution in [0.5, 0.6) is 5.75 Å². The predicted octanol–water partition coefficient (Wildman–Crippen LogP) is 2.19. The van der Waals surface area contributed by atoms with E-state index in [9.17, 15) is 5.11 Å². The average molecular weight is 246 g/mol. The van der Waals surface area contributed by atoms with Crippen LogP contribution in [0.3, 0.4) is 0 Å². The van der Waals surface area contributed by atoms with Gasteiger partial charge in [0.05, 0.1) is 12.4 Å². The molecule has 0 aliphatic rings. The first-order valence-corrected chi connectivity index (χ1v) is 6.05. The Hall–Kier alpha value is -1.81. The third-order valence-electron chi connectivity index (χ3n) is 2.85. The van der Waals surface area contributed by atoms with Crippen LogP contribution in [0, 0.1) is 0 Å². The molecule has 0 aliphatic heterocycles. The van der Waals surface area contributed by atoms with Crippen LogP contribution in [0.25, 0.3) is 0 Å². The summed E-state index contributed by atoms with van der Waals surface area (Å²) >= 11 is 0. The van der Waals surface area contributed by atoms with E-state index in [1.54, 1.807) is 17.8 Å². The highest BCUT2D eigenvalue weighted by Crippen LogP contribution is 2.21. The molecule has 1 aromatic carbocycles. The second kappa shape index (κ2) is 5.23. The number of aliphatic hydroxyl groups is 1. The van der Waals surface area contributed by atoms with Crippen LogP contribution in [0.1, 0.15) is 19.4 Å². The molecule has 4 nitrogen and oxygen atoms in total. The molecule has 18 heavy (non-hydrogen) atoms. The summed E-state index contributed by atoms with van der Waals surface area (Å²) in [5, 5.41) is 14.5. The van der Waals surface area contributed by atoms with Crippen LogP contribution in [0.4, 0.5) is 0 Å². The number of rotatable bonds is 5. The van der Waals surface area contributed by atoms with Gasteiger partial charge in [-0.2, -0.15) is 5.10 Å². The van der Waals surface area contributed by atoms with E-state index in [-0.39, 0.29) is 6.61 Å². The maximum atomic E-state index is 10.4. The van der Waals surface area contributed by atoms with E-state index in [0.717, 1.165) is 12.1 Å². The third kappa shape index (κ3) is 2.90. The van der Waals surface area contributed by atoms with Crippen molar-refractivity contribution < 1.29 is 9.84 Å². The lowest BCUT2D eigenvalue weighted by atomic mass is 9.97. The molecule has 1 aromatic heterocycles. The minimum absolute atomic E-state index is 0.201. The van der Waals surface area contributed by atoms with Crippen LogP contribution in [0.15, 0.2) is 42.7 Å². The Bertz CT molecular complexity index is 492. The Balaban J connectivity index is 2.00. The molecule has 1 heterocycles. The summed E-state index contributed by atoms with van der Waals surface area (Å²) in [5.74, 6) is 0.674. The number of benzene rings is 1. The molecule has 0 saturated heterocycles. The second-order valence-electron chi connectivity index (χ2n) is 4.46. The van der Waals surface area contributed by atoms with Gasteiger partial charge in [0.25, 0.3) is 0 Å². The number of hydrogen-bond acceptors (Lipinski definition) is 3. The second-order valence-corrected chi connectivity index (χ2v) is 4.46. The number of hydrogen-bond donors (Lipinski definition) is 1. The van der Waals surface area contributed by atoms with Gasteiger partial charge < -0.3 is 9.84 Å². The highest BCUT2D eigenvalue weighted by Gasteiger charge is 2.23. The predicted molar refractivity (Wildman–Crippen MR) is 69.4 cm³/mol. The maximum absolute atomic E-state index is 10.4. The molecular formula is C14H18N2O2. The monoisotopic (exact) mass is 246 g/mol. The molecule has 2 rings (SSSR count). The maximum Gasteiger partial charge on any atom is 0.157 e. The van der Waals surface area contributed by atoms with Crippen LogP contribution in [-0.4, -0.2) is 21.5 Å². The van der Waals surface area contributed by atoms with Crippen molar-refractivity contribution >= 4 is 0 Å². The molecule has 0 bridgehead atoms. The highest BCUT2D eigenvalue weighted by atomic mass is 16.5. The van der Waals surface area contributed by atoms with Crippen LogP contribution in [-0.2, 0) is 12.1 Å². The number of aromatic nitrogens is 2. The van der Waals surface area contributed by atoms with Crippen molar-refractivity contribution in [2.45, 2.75) is 26.0 Å². The van der Waals surface area contributed by atoms with E-state index in [1.165, 1.54) is 0 Å². The van der Waals surface area contributed by atoms with Gasteiger partial charge >= 0.3 is 0 Å². The van der Waals surface area contributed by atoms with E-state index in [0.29, 0.717) is 5.75 Å². The lowest BCUT2D eigenvalue weighted by Gasteiger charge is -2.23. The Labute approximate surface area is 107 Å². The molecule has 1 N–H and O–H groups in total. The molecule has 0 fully saturated rings. The van der Waals surface area contributed by atoms with Crippen molar-refractivity contribution in [2.24, 2.45) is 0 Å². The van der Waals surface area contributed by atoms with E-state index < -0.39 is 5.60 Å². The van der Waals surface area contributed by atoms with Gasteiger partial charge in [0.1, 0.15) is 12.2 Å². The summed E-state index contributed by atoms with van der Waals surface area (Å²) < 4.78 is 7.36. The fourth-order valence-corrected chi connectivity index (χ4v) is 1.70. The third-order valence-corrected chi connectivity index (χ3v) is 2.85. The van der Waals surface area contributed by atoms with Crippen molar-refractivity contribution in [3.8, 4) is 5.75 Å².